The summed E-state index contributed by atoms with van der Waals surface area (Å²) in [5, 5.41) is 0. The number of benzene rings is 2. The summed E-state index contributed by atoms with van der Waals surface area (Å²) in [5.41, 5.74) is 2.65. The summed E-state index contributed by atoms with van der Waals surface area (Å²) in [5.74, 6) is 1.09. The van der Waals surface area contributed by atoms with E-state index in [4.69, 9.17) is 4.74 Å². The Morgan fingerprint density at radius 3 is 2.24 bits per heavy atom. The minimum atomic E-state index is 0.885. The van der Waals surface area contributed by atoms with Crippen molar-refractivity contribution in [2.24, 2.45) is 0 Å². The van der Waals surface area contributed by atoms with Gasteiger partial charge in [-0.25, -0.2) is 0 Å². The van der Waals surface area contributed by atoms with Crippen molar-refractivity contribution in [3.05, 3.63) is 65.7 Å². The molecule has 0 atom stereocenters. The Hall–Kier alpha value is -1.76. The van der Waals surface area contributed by atoms with Crippen molar-refractivity contribution in [3.8, 4) is 5.75 Å². The number of hydrogen-bond donors (Lipinski definition) is 0. The van der Waals surface area contributed by atoms with Crippen LogP contribution < -0.4 is 4.74 Å². The molecule has 1 aliphatic heterocycles. The molecule has 1 heteroatoms. The maximum atomic E-state index is 5.50. The maximum absolute atomic E-state index is 5.50. The highest BCUT2D eigenvalue weighted by Crippen LogP contribution is 2.25. The molecule has 17 heavy (non-hydrogen) atoms. The third-order valence-electron chi connectivity index (χ3n) is 2.74. The molecule has 0 aromatic heterocycles. The first-order valence-corrected chi connectivity index (χ1v) is 6.08. The van der Waals surface area contributed by atoms with Gasteiger partial charge in [0.2, 0.25) is 0 Å². The van der Waals surface area contributed by atoms with Crippen LogP contribution in [-0.2, 0) is 6.42 Å². The molecule has 0 fully saturated rings. The highest BCUT2D eigenvalue weighted by molar-refractivity contribution is 5.38. The predicted octanol–water partition coefficient (Wildman–Crippen LogP) is 4.01. The summed E-state index contributed by atoms with van der Waals surface area (Å²) in [7, 11) is 0. The Kier molecular flexibility index (Phi) is 4.20. The van der Waals surface area contributed by atoms with Crippen LogP contribution in [0.3, 0.4) is 0 Å². The van der Waals surface area contributed by atoms with Crippen molar-refractivity contribution in [1.82, 2.24) is 0 Å². The molecule has 1 heterocycles. The molecular weight excluding hydrogens is 208 g/mol. The van der Waals surface area contributed by atoms with E-state index in [0.29, 0.717) is 0 Å². The molecule has 3 rings (SSSR count). The second-order valence-electron chi connectivity index (χ2n) is 4.22. The van der Waals surface area contributed by atoms with Gasteiger partial charge in [-0.3, -0.25) is 0 Å². The lowest BCUT2D eigenvalue weighted by Crippen LogP contribution is -2.07. The Morgan fingerprint density at radius 1 is 0.941 bits per heavy atom. The topological polar surface area (TPSA) is 9.23 Å². The zero-order valence-electron chi connectivity index (χ0n) is 10.2. The van der Waals surface area contributed by atoms with Crippen LogP contribution in [0.1, 0.15) is 17.5 Å². The van der Waals surface area contributed by atoms with Gasteiger partial charge in [0, 0.05) is 0 Å². The average molecular weight is 226 g/mol. The summed E-state index contributed by atoms with van der Waals surface area (Å²) in [6, 6.07) is 18.4. The molecule has 2 aromatic rings. The zero-order chi connectivity index (χ0) is 11.9. The van der Waals surface area contributed by atoms with Crippen molar-refractivity contribution < 1.29 is 4.74 Å². The smallest absolute Gasteiger partial charge is 0.122 e. The largest absolute Gasteiger partial charge is 0.493 e. The first-order chi connectivity index (χ1) is 8.36. The number of hydrogen-bond acceptors (Lipinski definition) is 1. The lowest BCUT2D eigenvalue weighted by Gasteiger charge is -2.16. The van der Waals surface area contributed by atoms with Gasteiger partial charge in [-0.15, -0.1) is 0 Å². The summed E-state index contributed by atoms with van der Waals surface area (Å²) >= 11 is 0. The van der Waals surface area contributed by atoms with Crippen LogP contribution in [0.5, 0.6) is 5.75 Å². The predicted molar refractivity (Wildman–Crippen MR) is 71.4 cm³/mol. The van der Waals surface area contributed by atoms with Gasteiger partial charge < -0.3 is 4.74 Å². The molecule has 2 aromatic carbocycles. The van der Waals surface area contributed by atoms with E-state index < -0.39 is 0 Å². The monoisotopic (exact) mass is 226 g/mol. The highest BCUT2D eigenvalue weighted by Gasteiger charge is 2.08. The molecule has 0 N–H and O–H groups in total. The van der Waals surface area contributed by atoms with E-state index in [1.165, 1.54) is 17.5 Å². The van der Waals surface area contributed by atoms with Gasteiger partial charge in [0.1, 0.15) is 5.75 Å². The molecule has 0 spiro atoms. The van der Waals surface area contributed by atoms with E-state index in [-0.39, 0.29) is 0 Å². The number of aryl methyl sites for hydroxylation is 2. The van der Waals surface area contributed by atoms with E-state index in [2.05, 4.69) is 25.1 Å². The Morgan fingerprint density at radius 2 is 1.59 bits per heavy atom. The fraction of sp³-hybridized carbons (Fsp3) is 0.250. The third kappa shape index (κ3) is 3.63. The summed E-state index contributed by atoms with van der Waals surface area (Å²) in [6.45, 7) is 2.98. The fourth-order valence-electron chi connectivity index (χ4n) is 1.83. The van der Waals surface area contributed by atoms with E-state index in [1.54, 1.807) is 0 Å². The van der Waals surface area contributed by atoms with E-state index in [1.807, 2.05) is 36.4 Å². The van der Waals surface area contributed by atoms with Crippen LogP contribution in [0.15, 0.2) is 54.6 Å². The van der Waals surface area contributed by atoms with Gasteiger partial charge in [0.25, 0.3) is 0 Å². The average Bonchev–Trinajstić information content (AvgIpc) is 2.41. The SMILES string of the molecule is Cc1ccc2c(c1)OCCC2.c1ccccc1. The van der Waals surface area contributed by atoms with Crippen molar-refractivity contribution >= 4 is 0 Å². The maximum Gasteiger partial charge on any atom is 0.122 e. The Labute approximate surface area is 103 Å². The second-order valence-corrected chi connectivity index (χ2v) is 4.22. The van der Waals surface area contributed by atoms with Crippen molar-refractivity contribution in [1.29, 1.82) is 0 Å². The number of ether oxygens (including phenoxy) is 1. The van der Waals surface area contributed by atoms with Gasteiger partial charge in [-0.05, 0) is 37.0 Å². The lowest BCUT2D eigenvalue weighted by molar-refractivity contribution is 0.288. The quantitative estimate of drug-likeness (QED) is 0.659. The minimum absolute atomic E-state index is 0.885. The first kappa shape index (κ1) is 11.7. The normalized spacial score (nSPS) is 12.8. The molecule has 88 valence electrons. The van der Waals surface area contributed by atoms with Crippen LogP contribution in [0.2, 0.25) is 0 Å². The molecule has 0 radical (unpaired) electrons. The van der Waals surface area contributed by atoms with E-state index in [9.17, 15) is 0 Å². The molecular formula is C16H18O. The minimum Gasteiger partial charge on any atom is -0.493 e. The van der Waals surface area contributed by atoms with Crippen LogP contribution in [0, 0.1) is 6.92 Å². The zero-order valence-corrected chi connectivity index (χ0v) is 10.2. The summed E-state index contributed by atoms with van der Waals surface area (Å²) in [4.78, 5) is 0. The van der Waals surface area contributed by atoms with E-state index in [0.717, 1.165) is 18.8 Å². The van der Waals surface area contributed by atoms with Gasteiger partial charge in [-0.2, -0.15) is 0 Å². The molecule has 1 nitrogen and oxygen atoms in total. The Bertz CT molecular complexity index is 422. The standard InChI is InChI=1S/C10H12O.C6H6/c1-8-4-5-9-3-2-6-11-10(9)7-8;1-2-4-6-5-3-1/h4-5,7H,2-3,6H2,1H3;1-6H. The van der Waals surface area contributed by atoms with Crippen molar-refractivity contribution in [2.45, 2.75) is 19.8 Å². The molecule has 0 amide bonds. The third-order valence-corrected chi connectivity index (χ3v) is 2.74. The van der Waals surface area contributed by atoms with Crippen LogP contribution >= 0.6 is 0 Å². The molecule has 0 bridgehead atoms. The molecule has 1 aliphatic rings. The van der Waals surface area contributed by atoms with Gasteiger partial charge in [0.05, 0.1) is 6.61 Å². The van der Waals surface area contributed by atoms with Crippen molar-refractivity contribution in [3.63, 3.8) is 0 Å². The summed E-state index contributed by atoms with van der Waals surface area (Å²) in [6.07, 6.45) is 2.34. The Balaban J connectivity index is 0.000000153. The number of rotatable bonds is 0. The van der Waals surface area contributed by atoms with E-state index >= 15 is 0 Å². The second kappa shape index (κ2) is 6.09. The highest BCUT2D eigenvalue weighted by atomic mass is 16.5. The molecule has 0 aliphatic carbocycles. The number of fused-ring (bicyclic) bond motifs is 1. The van der Waals surface area contributed by atoms with Gasteiger partial charge in [-0.1, -0.05) is 48.5 Å². The molecule has 0 unspecified atom stereocenters. The van der Waals surface area contributed by atoms with Crippen LogP contribution in [-0.4, -0.2) is 6.61 Å². The summed E-state index contributed by atoms with van der Waals surface area (Å²) < 4.78 is 5.50. The van der Waals surface area contributed by atoms with Gasteiger partial charge >= 0.3 is 0 Å². The first-order valence-electron chi connectivity index (χ1n) is 6.08. The molecule has 0 saturated heterocycles. The molecule has 0 saturated carbocycles. The lowest BCUT2D eigenvalue weighted by atomic mass is 10.0. The van der Waals surface area contributed by atoms with Crippen LogP contribution in [0.4, 0.5) is 0 Å². The van der Waals surface area contributed by atoms with Crippen molar-refractivity contribution in [2.75, 3.05) is 6.61 Å². The fourth-order valence-corrected chi connectivity index (χ4v) is 1.83. The van der Waals surface area contributed by atoms with Gasteiger partial charge in [0.15, 0.2) is 0 Å². The van der Waals surface area contributed by atoms with Crippen LogP contribution in [0.25, 0.3) is 0 Å².